The zero-order valence-corrected chi connectivity index (χ0v) is 19.5. The van der Waals surface area contributed by atoms with Gasteiger partial charge in [0.1, 0.15) is 5.75 Å². The quantitative estimate of drug-likeness (QED) is 0.657. The third-order valence-electron chi connectivity index (χ3n) is 7.01. The maximum absolute atomic E-state index is 13.0. The molecule has 1 aliphatic heterocycles. The Labute approximate surface area is 186 Å². The molecule has 1 saturated carbocycles. The van der Waals surface area contributed by atoms with Crippen molar-refractivity contribution >= 4 is 9.84 Å². The van der Waals surface area contributed by atoms with Gasteiger partial charge in [0.05, 0.1) is 16.9 Å². The minimum atomic E-state index is -3.56. The molecule has 2 aromatic carbocycles. The Hall–Kier alpha value is -1.89. The van der Waals surface area contributed by atoms with E-state index < -0.39 is 9.84 Å². The number of hydrogen-bond acceptors (Lipinski definition) is 5. The number of nitrogens with zero attached hydrogens (tertiary/aromatic N) is 2. The van der Waals surface area contributed by atoms with Crippen LogP contribution in [0.2, 0.25) is 0 Å². The summed E-state index contributed by atoms with van der Waals surface area (Å²) in [6.45, 7) is 6.64. The van der Waals surface area contributed by atoms with Gasteiger partial charge in [-0.1, -0.05) is 37.5 Å². The second-order valence-corrected chi connectivity index (χ2v) is 10.7. The maximum Gasteiger partial charge on any atom is 0.206 e. The van der Waals surface area contributed by atoms with E-state index in [1.165, 1.54) is 39.2 Å². The molecule has 6 heteroatoms. The molecule has 1 atom stereocenters. The summed E-state index contributed by atoms with van der Waals surface area (Å²) in [5, 5.41) is 0. The second-order valence-electron chi connectivity index (χ2n) is 8.79. The minimum absolute atomic E-state index is 0.256. The third kappa shape index (κ3) is 4.97. The Morgan fingerprint density at radius 1 is 0.903 bits per heavy atom. The van der Waals surface area contributed by atoms with Crippen LogP contribution in [-0.2, 0) is 9.84 Å². The van der Waals surface area contributed by atoms with Crippen molar-refractivity contribution in [3.63, 3.8) is 0 Å². The van der Waals surface area contributed by atoms with Gasteiger partial charge in [-0.3, -0.25) is 9.80 Å². The van der Waals surface area contributed by atoms with Crippen LogP contribution in [0.5, 0.6) is 5.75 Å². The third-order valence-corrected chi connectivity index (χ3v) is 8.78. The molecule has 1 saturated heterocycles. The van der Waals surface area contributed by atoms with E-state index in [4.69, 9.17) is 4.74 Å². The van der Waals surface area contributed by atoms with Crippen LogP contribution in [0.15, 0.2) is 58.3 Å². The van der Waals surface area contributed by atoms with Crippen molar-refractivity contribution in [2.75, 3.05) is 33.3 Å². The zero-order valence-electron chi connectivity index (χ0n) is 18.7. The van der Waals surface area contributed by atoms with E-state index in [2.05, 4.69) is 16.7 Å². The SMILES string of the molecule is COc1cccc(S(=O)(=O)c2ccc(C(C)N3CCN(C4CCCCC4)CC3)cc2)c1. The topological polar surface area (TPSA) is 49.9 Å². The largest absolute Gasteiger partial charge is 0.497 e. The van der Waals surface area contributed by atoms with E-state index in [0.717, 1.165) is 37.8 Å². The summed E-state index contributed by atoms with van der Waals surface area (Å²) in [5.74, 6) is 0.540. The first kappa shape index (κ1) is 22.3. The summed E-state index contributed by atoms with van der Waals surface area (Å²) >= 11 is 0. The highest BCUT2D eigenvalue weighted by atomic mass is 32.2. The highest BCUT2D eigenvalue weighted by Crippen LogP contribution is 2.29. The first-order valence-electron chi connectivity index (χ1n) is 11.5. The highest BCUT2D eigenvalue weighted by Gasteiger charge is 2.27. The van der Waals surface area contributed by atoms with Crippen molar-refractivity contribution in [3.05, 3.63) is 54.1 Å². The molecule has 1 aliphatic carbocycles. The van der Waals surface area contributed by atoms with Gasteiger partial charge in [-0.05, 0) is 55.7 Å². The molecule has 31 heavy (non-hydrogen) atoms. The molecule has 1 heterocycles. The van der Waals surface area contributed by atoms with Gasteiger partial charge in [0.15, 0.2) is 0 Å². The number of sulfone groups is 1. The number of piperazine rings is 1. The average molecular weight is 443 g/mol. The van der Waals surface area contributed by atoms with Crippen molar-refractivity contribution in [3.8, 4) is 5.75 Å². The maximum atomic E-state index is 13.0. The van der Waals surface area contributed by atoms with E-state index in [9.17, 15) is 8.42 Å². The van der Waals surface area contributed by atoms with Crippen LogP contribution in [0.1, 0.15) is 50.6 Å². The molecule has 0 N–H and O–H groups in total. The molecule has 5 nitrogen and oxygen atoms in total. The molecule has 0 bridgehead atoms. The summed E-state index contributed by atoms with van der Waals surface area (Å²) in [7, 11) is -2.02. The van der Waals surface area contributed by atoms with Crippen LogP contribution >= 0.6 is 0 Å². The fourth-order valence-electron chi connectivity index (χ4n) is 4.98. The Morgan fingerprint density at radius 2 is 1.58 bits per heavy atom. The van der Waals surface area contributed by atoms with Gasteiger partial charge in [0, 0.05) is 38.3 Å². The summed E-state index contributed by atoms with van der Waals surface area (Å²) in [6.07, 6.45) is 6.88. The molecule has 168 valence electrons. The van der Waals surface area contributed by atoms with Crippen LogP contribution in [0.25, 0.3) is 0 Å². The number of benzene rings is 2. The van der Waals surface area contributed by atoms with Crippen molar-refractivity contribution in [2.24, 2.45) is 0 Å². The lowest BCUT2D eigenvalue weighted by Crippen LogP contribution is -2.51. The van der Waals surface area contributed by atoms with Gasteiger partial charge in [-0.15, -0.1) is 0 Å². The Balaban J connectivity index is 1.41. The lowest BCUT2D eigenvalue weighted by molar-refractivity contribution is 0.0602. The predicted octanol–water partition coefficient (Wildman–Crippen LogP) is 4.54. The zero-order chi connectivity index (χ0) is 21.8. The minimum Gasteiger partial charge on any atom is -0.497 e. The molecule has 2 aliphatic rings. The van der Waals surface area contributed by atoms with E-state index in [0.29, 0.717) is 10.6 Å². The van der Waals surface area contributed by atoms with Gasteiger partial charge in [-0.2, -0.15) is 0 Å². The van der Waals surface area contributed by atoms with Crippen LogP contribution in [0.3, 0.4) is 0 Å². The number of rotatable bonds is 6. The molecule has 1 unspecified atom stereocenters. The molecule has 0 aromatic heterocycles. The number of methoxy groups -OCH3 is 1. The van der Waals surface area contributed by atoms with E-state index >= 15 is 0 Å². The smallest absolute Gasteiger partial charge is 0.206 e. The Morgan fingerprint density at radius 3 is 2.23 bits per heavy atom. The first-order chi connectivity index (χ1) is 15.0. The van der Waals surface area contributed by atoms with Gasteiger partial charge in [0.2, 0.25) is 9.84 Å². The average Bonchev–Trinajstić information content (AvgIpc) is 2.84. The fourth-order valence-corrected chi connectivity index (χ4v) is 6.27. The second kappa shape index (κ2) is 9.72. The summed E-state index contributed by atoms with van der Waals surface area (Å²) in [5.41, 5.74) is 1.16. The van der Waals surface area contributed by atoms with Gasteiger partial charge >= 0.3 is 0 Å². The molecule has 0 amide bonds. The molecular formula is C25H34N2O3S. The van der Waals surface area contributed by atoms with Crippen molar-refractivity contribution in [1.29, 1.82) is 0 Å². The Kier molecular flexibility index (Phi) is 6.99. The van der Waals surface area contributed by atoms with E-state index in [-0.39, 0.29) is 10.9 Å². The van der Waals surface area contributed by atoms with E-state index in [1.54, 1.807) is 36.4 Å². The summed E-state index contributed by atoms with van der Waals surface area (Å²) < 4.78 is 31.2. The highest BCUT2D eigenvalue weighted by molar-refractivity contribution is 7.91. The Bertz CT molecular complexity index is 961. The molecular weight excluding hydrogens is 408 g/mol. The fraction of sp³-hybridized carbons (Fsp3) is 0.520. The van der Waals surface area contributed by atoms with E-state index in [1.807, 2.05) is 12.1 Å². The first-order valence-corrected chi connectivity index (χ1v) is 12.9. The molecule has 2 aromatic rings. The monoisotopic (exact) mass is 442 g/mol. The number of hydrogen-bond donors (Lipinski definition) is 0. The van der Waals surface area contributed by atoms with Crippen LogP contribution in [0.4, 0.5) is 0 Å². The lowest BCUT2D eigenvalue weighted by atomic mass is 9.93. The van der Waals surface area contributed by atoms with Crippen LogP contribution in [-0.4, -0.2) is 57.5 Å². The van der Waals surface area contributed by atoms with Crippen molar-refractivity contribution < 1.29 is 13.2 Å². The van der Waals surface area contributed by atoms with Gasteiger partial charge in [0.25, 0.3) is 0 Å². The van der Waals surface area contributed by atoms with Gasteiger partial charge < -0.3 is 4.74 Å². The van der Waals surface area contributed by atoms with Crippen LogP contribution < -0.4 is 4.74 Å². The predicted molar refractivity (Wildman–Crippen MR) is 123 cm³/mol. The van der Waals surface area contributed by atoms with Crippen LogP contribution in [0, 0.1) is 0 Å². The normalized spacial score (nSPS) is 20.5. The molecule has 0 radical (unpaired) electrons. The molecule has 0 spiro atoms. The van der Waals surface area contributed by atoms with Crippen molar-refractivity contribution in [2.45, 2.75) is 60.9 Å². The standard InChI is InChI=1S/C25H34N2O3S/c1-20(26-15-17-27(18-16-26)22-7-4-3-5-8-22)21-11-13-24(14-12-21)31(28,29)25-10-6-9-23(19-25)30-2/h6,9-14,19-20,22H,3-5,7-8,15-18H2,1-2H3. The van der Waals surface area contributed by atoms with Crippen molar-refractivity contribution in [1.82, 2.24) is 9.80 Å². The molecule has 4 rings (SSSR count). The summed E-state index contributed by atoms with van der Waals surface area (Å²) in [4.78, 5) is 5.78. The molecule has 2 fully saturated rings. The number of ether oxygens (including phenoxy) is 1. The summed E-state index contributed by atoms with van der Waals surface area (Å²) in [6, 6.07) is 15.1. The lowest BCUT2D eigenvalue weighted by Gasteiger charge is -2.42. The van der Waals surface area contributed by atoms with Gasteiger partial charge in [-0.25, -0.2) is 8.42 Å².